The van der Waals surface area contributed by atoms with E-state index in [0.717, 1.165) is 18.6 Å². The molecule has 148 valence electrons. The van der Waals surface area contributed by atoms with Crippen LogP contribution in [0.4, 0.5) is 4.79 Å². The Balaban J connectivity index is 1.50. The van der Waals surface area contributed by atoms with E-state index in [9.17, 15) is 9.59 Å². The zero-order chi connectivity index (χ0) is 19.8. The van der Waals surface area contributed by atoms with Crippen LogP contribution in [0.25, 0.3) is 11.2 Å². The molecule has 0 aliphatic rings. The molecule has 3 N–H and O–H groups in total. The van der Waals surface area contributed by atoms with Gasteiger partial charge in [0.25, 0.3) is 5.56 Å². The van der Waals surface area contributed by atoms with E-state index in [1.165, 1.54) is 22.0 Å². The van der Waals surface area contributed by atoms with Crippen LogP contribution in [-0.4, -0.2) is 49.8 Å². The first-order valence-electron chi connectivity index (χ1n) is 9.19. The number of amides is 2. The van der Waals surface area contributed by atoms with Gasteiger partial charge in [0, 0.05) is 18.8 Å². The number of hydrogen-bond acceptors (Lipinski definition) is 6. The molecule has 1 aromatic carbocycles. The van der Waals surface area contributed by atoms with Crippen LogP contribution in [0.1, 0.15) is 18.9 Å². The lowest BCUT2D eigenvalue weighted by molar-refractivity contribution is 0.240. The molecule has 0 spiro atoms. The van der Waals surface area contributed by atoms with Crippen molar-refractivity contribution in [2.24, 2.45) is 0 Å². The zero-order valence-corrected chi connectivity index (χ0v) is 16.5. The van der Waals surface area contributed by atoms with Gasteiger partial charge >= 0.3 is 6.03 Å². The first kappa shape index (κ1) is 19.9. The number of carbonyl (C=O) groups excluding carboxylic acids is 1. The number of carbonyl (C=O) groups is 1. The number of hydrogen-bond donors (Lipinski definition) is 3. The second-order valence-electron chi connectivity index (χ2n) is 6.12. The van der Waals surface area contributed by atoms with Gasteiger partial charge in [0.2, 0.25) is 0 Å². The Hall–Kier alpha value is -2.88. The number of nitrogens with zero attached hydrogens (tertiary/aromatic N) is 4. The molecule has 2 amide bonds. The highest BCUT2D eigenvalue weighted by Crippen LogP contribution is 2.14. The third-order valence-corrected chi connectivity index (χ3v) is 5.03. The number of aromatic nitrogens is 5. The monoisotopic (exact) mass is 401 g/mol. The van der Waals surface area contributed by atoms with Gasteiger partial charge in [0.05, 0.1) is 6.54 Å². The van der Waals surface area contributed by atoms with Gasteiger partial charge in [-0.25, -0.2) is 14.5 Å². The maximum atomic E-state index is 12.1. The van der Waals surface area contributed by atoms with Crippen molar-refractivity contribution in [2.45, 2.75) is 31.5 Å². The van der Waals surface area contributed by atoms with Crippen LogP contribution in [0, 0.1) is 0 Å². The van der Waals surface area contributed by atoms with Crippen LogP contribution in [0.2, 0.25) is 0 Å². The van der Waals surface area contributed by atoms with Gasteiger partial charge in [-0.3, -0.25) is 9.78 Å². The Morgan fingerprint density at radius 1 is 1.21 bits per heavy atom. The lowest BCUT2D eigenvalue weighted by atomic mass is 10.1. The van der Waals surface area contributed by atoms with Crippen molar-refractivity contribution < 1.29 is 4.79 Å². The number of benzene rings is 1. The summed E-state index contributed by atoms with van der Waals surface area (Å²) < 4.78 is 1.53. The van der Waals surface area contributed by atoms with Gasteiger partial charge in [-0.05, 0) is 18.4 Å². The van der Waals surface area contributed by atoms with Crippen LogP contribution < -0.4 is 16.2 Å². The summed E-state index contributed by atoms with van der Waals surface area (Å²) in [5.74, 6) is 0.862. The van der Waals surface area contributed by atoms with Crippen LogP contribution >= 0.6 is 11.8 Å². The summed E-state index contributed by atoms with van der Waals surface area (Å²) in [6, 6.07) is 9.72. The van der Waals surface area contributed by atoms with Gasteiger partial charge in [0.1, 0.15) is 0 Å². The summed E-state index contributed by atoms with van der Waals surface area (Å²) in [7, 11) is 0. The normalized spacial score (nSPS) is 10.9. The number of nitrogens with one attached hydrogen (secondary N) is 3. The predicted molar refractivity (Wildman–Crippen MR) is 109 cm³/mol. The molecule has 0 fully saturated rings. The molecular formula is C18H23N7O2S. The zero-order valence-electron chi connectivity index (χ0n) is 15.6. The highest BCUT2D eigenvalue weighted by atomic mass is 32.2. The van der Waals surface area contributed by atoms with Crippen LogP contribution in [0.5, 0.6) is 0 Å². The van der Waals surface area contributed by atoms with Gasteiger partial charge in [-0.1, -0.05) is 54.2 Å². The van der Waals surface area contributed by atoms with E-state index in [2.05, 4.69) is 37.8 Å². The summed E-state index contributed by atoms with van der Waals surface area (Å²) in [4.78, 5) is 31.1. The van der Waals surface area contributed by atoms with Crippen LogP contribution in [-0.2, 0) is 13.0 Å². The first-order valence-corrected chi connectivity index (χ1v) is 10.2. The molecule has 0 aliphatic heterocycles. The number of fused-ring (bicyclic) bond motifs is 1. The van der Waals surface area contributed by atoms with Crippen molar-refractivity contribution in [2.75, 3.05) is 18.8 Å². The Kier molecular flexibility index (Phi) is 7.01. The average molecular weight is 401 g/mol. The van der Waals surface area contributed by atoms with E-state index in [4.69, 9.17) is 0 Å². The minimum atomic E-state index is -0.304. The highest BCUT2D eigenvalue weighted by molar-refractivity contribution is 7.99. The second-order valence-corrected chi connectivity index (χ2v) is 7.21. The molecule has 2 heterocycles. The van der Waals surface area contributed by atoms with Crippen molar-refractivity contribution in [1.29, 1.82) is 0 Å². The molecule has 9 nitrogen and oxygen atoms in total. The minimum Gasteiger partial charge on any atom is -0.338 e. The largest absolute Gasteiger partial charge is 0.338 e. The van der Waals surface area contributed by atoms with Gasteiger partial charge in [-0.15, -0.1) is 5.10 Å². The highest BCUT2D eigenvalue weighted by Gasteiger charge is 2.12. The lowest BCUT2D eigenvalue weighted by Crippen LogP contribution is -2.38. The molecule has 2 aromatic heterocycles. The molecule has 0 saturated carbocycles. The van der Waals surface area contributed by atoms with Crippen LogP contribution in [0.15, 0.2) is 40.3 Å². The van der Waals surface area contributed by atoms with Gasteiger partial charge in [-0.2, -0.15) is 0 Å². The summed E-state index contributed by atoms with van der Waals surface area (Å²) >= 11 is 1.48. The molecular weight excluding hydrogens is 378 g/mol. The molecule has 10 heteroatoms. The molecule has 3 rings (SSSR count). The number of H-pyrrole nitrogens is 1. The first-order chi connectivity index (χ1) is 13.7. The maximum absolute atomic E-state index is 12.1. The van der Waals surface area contributed by atoms with Crippen molar-refractivity contribution in [3.8, 4) is 0 Å². The van der Waals surface area contributed by atoms with E-state index in [-0.39, 0.29) is 17.1 Å². The minimum absolute atomic E-state index is 0.202. The van der Waals surface area contributed by atoms with E-state index in [0.29, 0.717) is 30.4 Å². The fraction of sp³-hybridized carbons (Fsp3) is 0.389. The predicted octanol–water partition coefficient (Wildman–Crippen LogP) is 1.56. The standard InChI is InChI=1S/C18H23N7O2S/c1-2-12-28-18-21-15-14(16(26)22-18)23-24-25(15)11-10-20-17(27)19-9-8-13-6-4-3-5-7-13/h3-7H,2,8-12H2,1H3,(H2,19,20,27)(H,21,22,26). The summed E-state index contributed by atoms with van der Waals surface area (Å²) in [5.41, 5.74) is 1.49. The lowest BCUT2D eigenvalue weighted by Gasteiger charge is -2.08. The molecule has 3 aromatic rings. The van der Waals surface area contributed by atoms with Crippen molar-refractivity contribution in [3.05, 3.63) is 46.2 Å². The molecule has 0 unspecified atom stereocenters. The molecule has 0 saturated heterocycles. The van der Waals surface area contributed by atoms with Crippen molar-refractivity contribution >= 4 is 29.0 Å². The van der Waals surface area contributed by atoms with E-state index >= 15 is 0 Å². The molecule has 28 heavy (non-hydrogen) atoms. The Bertz CT molecular complexity index is 971. The SMILES string of the molecule is CCCSc1nc2c(nnn2CCNC(=O)NCCc2ccccc2)c(=O)[nH]1. The number of thioether (sulfide) groups is 1. The summed E-state index contributed by atoms with van der Waals surface area (Å²) in [5, 5.41) is 14.0. The third-order valence-electron chi connectivity index (χ3n) is 3.95. The molecule has 0 bridgehead atoms. The topological polar surface area (TPSA) is 118 Å². The Labute approximate surface area is 166 Å². The Morgan fingerprint density at radius 3 is 2.79 bits per heavy atom. The quantitative estimate of drug-likeness (QED) is 0.370. The van der Waals surface area contributed by atoms with Gasteiger partial charge in [0.15, 0.2) is 16.3 Å². The number of aromatic amines is 1. The fourth-order valence-electron chi connectivity index (χ4n) is 2.57. The smallest absolute Gasteiger partial charge is 0.314 e. The Morgan fingerprint density at radius 2 is 2.00 bits per heavy atom. The molecule has 0 radical (unpaired) electrons. The van der Waals surface area contributed by atoms with Crippen molar-refractivity contribution in [3.63, 3.8) is 0 Å². The fourth-order valence-corrected chi connectivity index (χ4v) is 3.28. The number of urea groups is 1. The van der Waals surface area contributed by atoms with Gasteiger partial charge < -0.3 is 10.6 Å². The number of rotatable bonds is 9. The van der Waals surface area contributed by atoms with E-state index in [1.54, 1.807) is 0 Å². The third kappa shape index (κ3) is 5.32. The van der Waals surface area contributed by atoms with E-state index < -0.39 is 0 Å². The maximum Gasteiger partial charge on any atom is 0.314 e. The summed E-state index contributed by atoms with van der Waals surface area (Å²) in [6.45, 7) is 3.33. The van der Waals surface area contributed by atoms with Crippen LogP contribution in [0.3, 0.4) is 0 Å². The van der Waals surface area contributed by atoms with E-state index in [1.807, 2.05) is 30.3 Å². The summed E-state index contributed by atoms with van der Waals surface area (Å²) in [6.07, 6.45) is 1.75. The second kappa shape index (κ2) is 9.88. The average Bonchev–Trinajstić information content (AvgIpc) is 3.11. The molecule has 0 atom stereocenters. The molecule has 0 aliphatic carbocycles. The van der Waals surface area contributed by atoms with Crippen molar-refractivity contribution in [1.82, 2.24) is 35.6 Å².